The topological polar surface area (TPSA) is 77.3 Å². The fourth-order valence-corrected chi connectivity index (χ4v) is 4.64. The number of ether oxygens (including phenoxy) is 1. The highest BCUT2D eigenvalue weighted by Crippen LogP contribution is 2.39. The van der Waals surface area contributed by atoms with Crippen molar-refractivity contribution in [2.75, 3.05) is 19.7 Å². The van der Waals surface area contributed by atoms with Gasteiger partial charge in [-0.05, 0) is 50.3 Å². The van der Waals surface area contributed by atoms with Crippen molar-refractivity contribution in [2.24, 2.45) is 5.92 Å². The smallest absolute Gasteiger partial charge is 0.305 e. The van der Waals surface area contributed by atoms with Gasteiger partial charge in [0.15, 0.2) is 5.78 Å². The van der Waals surface area contributed by atoms with E-state index in [2.05, 4.69) is 15.2 Å². The Morgan fingerprint density at radius 2 is 2.06 bits per heavy atom. The predicted octanol–water partition coefficient (Wildman–Crippen LogP) is 4.29. The summed E-state index contributed by atoms with van der Waals surface area (Å²) in [4.78, 5) is 26.8. The summed E-state index contributed by atoms with van der Waals surface area (Å²) < 4.78 is 21.4. The van der Waals surface area contributed by atoms with Gasteiger partial charge in [0.05, 0.1) is 18.8 Å². The number of carbonyl (C=O) groups is 2. The first kappa shape index (κ1) is 27.4. The van der Waals surface area contributed by atoms with E-state index < -0.39 is 6.04 Å². The van der Waals surface area contributed by atoms with Crippen LogP contribution >= 0.6 is 25.0 Å². The zero-order valence-corrected chi connectivity index (χ0v) is 21.5. The molecule has 0 N–H and O–H groups in total. The highest BCUT2D eigenvalue weighted by atomic mass is 35.5. The lowest BCUT2D eigenvalue weighted by atomic mass is 9.93. The quantitative estimate of drug-likeness (QED) is 0.370. The van der Waals surface area contributed by atoms with Crippen LogP contribution in [0, 0.1) is 11.7 Å². The van der Waals surface area contributed by atoms with E-state index in [0.717, 1.165) is 24.8 Å². The Morgan fingerprint density at radius 3 is 2.77 bits per heavy atom. The summed E-state index contributed by atoms with van der Waals surface area (Å²) in [6, 6.07) is 5.99. The lowest BCUT2D eigenvalue weighted by Gasteiger charge is -2.37. The molecule has 0 amide bonds. The average Bonchev–Trinajstić information content (AvgIpc) is 3.58. The highest BCUT2D eigenvalue weighted by Gasteiger charge is 2.40. The SMILES string of the molecule is CCOC(=O)CCCn1cc(C=C2CN(C(C(=O)C3CC3)c3ccccc3F)CCC2S)nn1.Cl. The van der Waals surface area contributed by atoms with Crippen LogP contribution in [0.1, 0.15) is 56.3 Å². The van der Waals surface area contributed by atoms with Gasteiger partial charge in [-0.15, -0.1) is 17.5 Å². The lowest BCUT2D eigenvalue weighted by Crippen LogP contribution is -2.42. The van der Waals surface area contributed by atoms with E-state index in [1.165, 1.54) is 6.07 Å². The number of carbonyl (C=O) groups excluding carboxylic acids is 2. The van der Waals surface area contributed by atoms with E-state index in [1.807, 2.05) is 12.3 Å². The van der Waals surface area contributed by atoms with Crippen molar-refractivity contribution in [1.29, 1.82) is 0 Å². The third kappa shape index (κ3) is 7.15. The summed E-state index contributed by atoms with van der Waals surface area (Å²) >= 11 is 4.75. The van der Waals surface area contributed by atoms with Crippen LogP contribution in [0.15, 0.2) is 36.0 Å². The minimum atomic E-state index is -0.587. The molecule has 1 saturated heterocycles. The van der Waals surface area contributed by atoms with E-state index in [9.17, 15) is 14.0 Å². The summed E-state index contributed by atoms with van der Waals surface area (Å²) in [5.41, 5.74) is 2.17. The van der Waals surface area contributed by atoms with Crippen molar-refractivity contribution in [3.63, 3.8) is 0 Å². The molecular weight excluding hydrogens is 491 g/mol. The van der Waals surface area contributed by atoms with Gasteiger partial charge in [0.2, 0.25) is 0 Å². The highest BCUT2D eigenvalue weighted by molar-refractivity contribution is 7.81. The van der Waals surface area contributed by atoms with Crippen molar-refractivity contribution >= 4 is 42.9 Å². The first-order chi connectivity index (χ1) is 16.5. The number of esters is 1. The van der Waals surface area contributed by atoms with Gasteiger partial charge >= 0.3 is 5.97 Å². The minimum Gasteiger partial charge on any atom is -0.466 e. The van der Waals surface area contributed by atoms with Gasteiger partial charge < -0.3 is 4.74 Å². The second-order valence-corrected chi connectivity index (χ2v) is 9.53. The van der Waals surface area contributed by atoms with Gasteiger partial charge in [-0.1, -0.05) is 23.4 Å². The maximum absolute atomic E-state index is 14.7. The fraction of sp³-hybridized carbons (Fsp3) is 0.520. The van der Waals surface area contributed by atoms with Crippen molar-refractivity contribution in [3.8, 4) is 0 Å². The minimum absolute atomic E-state index is 0. The first-order valence-electron chi connectivity index (χ1n) is 11.9. The molecular formula is C25H32ClFN4O3S. The van der Waals surface area contributed by atoms with Gasteiger partial charge in [0.1, 0.15) is 11.5 Å². The van der Waals surface area contributed by atoms with Crippen LogP contribution in [-0.4, -0.2) is 56.6 Å². The molecule has 1 aromatic heterocycles. The van der Waals surface area contributed by atoms with Crippen LogP contribution < -0.4 is 0 Å². The number of ketones is 1. The van der Waals surface area contributed by atoms with Gasteiger partial charge in [-0.25, -0.2) is 4.39 Å². The summed E-state index contributed by atoms with van der Waals surface area (Å²) in [6.45, 7) is 3.92. The average molecular weight is 523 g/mol. The molecule has 7 nitrogen and oxygen atoms in total. The Kier molecular flexibility index (Phi) is 9.89. The van der Waals surface area contributed by atoms with E-state index in [-0.39, 0.29) is 41.1 Å². The number of hydrogen-bond acceptors (Lipinski definition) is 7. The number of nitrogens with zero attached hydrogens (tertiary/aromatic N) is 4. The molecule has 1 saturated carbocycles. The molecule has 2 aliphatic rings. The molecule has 1 aliphatic carbocycles. The van der Waals surface area contributed by atoms with Gasteiger partial charge in [-0.3, -0.25) is 19.2 Å². The third-order valence-electron chi connectivity index (χ3n) is 6.28. The van der Waals surface area contributed by atoms with Crippen LogP contribution in [0.4, 0.5) is 4.39 Å². The molecule has 2 fully saturated rings. The molecule has 0 bridgehead atoms. The predicted molar refractivity (Wildman–Crippen MR) is 137 cm³/mol. The Hall–Kier alpha value is -2.23. The first-order valence-corrected chi connectivity index (χ1v) is 12.4. The molecule has 10 heteroatoms. The van der Waals surface area contributed by atoms with Gasteiger partial charge in [0, 0.05) is 42.8 Å². The number of likely N-dealkylation sites (tertiary alicyclic amines) is 1. The monoisotopic (exact) mass is 522 g/mol. The Bertz CT molecular complexity index is 1060. The largest absolute Gasteiger partial charge is 0.466 e. The maximum atomic E-state index is 14.7. The van der Waals surface area contributed by atoms with Crippen molar-refractivity contribution < 1.29 is 18.7 Å². The Labute approximate surface area is 216 Å². The number of aromatic nitrogens is 3. The van der Waals surface area contributed by atoms with Crippen molar-refractivity contribution in [2.45, 2.75) is 56.9 Å². The number of thiol groups is 1. The van der Waals surface area contributed by atoms with Crippen molar-refractivity contribution in [1.82, 2.24) is 19.9 Å². The van der Waals surface area contributed by atoms with E-state index >= 15 is 0 Å². The number of benzene rings is 1. The van der Waals surface area contributed by atoms with E-state index in [1.54, 1.807) is 29.8 Å². The summed E-state index contributed by atoms with van der Waals surface area (Å²) in [5.74, 6) is -0.420. The zero-order chi connectivity index (χ0) is 24.1. The second-order valence-electron chi connectivity index (χ2n) is 8.91. The number of piperidine rings is 1. The van der Waals surface area contributed by atoms with Crippen LogP contribution in [0.3, 0.4) is 0 Å². The molecule has 1 aliphatic heterocycles. The number of aryl methyl sites for hydroxylation is 1. The molecule has 2 atom stereocenters. The summed E-state index contributed by atoms with van der Waals surface area (Å²) in [7, 11) is 0. The lowest BCUT2D eigenvalue weighted by molar-refractivity contribution is -0.143. The molecule has 2 heterocycles. The number of halogens is 2. The molecule has 4 rings (SSSR count). The zero-order valence-electron chi connectivity index (χ0n) is 19.8. The fourth-order valence-electron chi connectivity index (χ4n) is 4.37. The standard InChI is InChI=1S/C25H31FN4O3S.ClH/c1-2-33-23(31)8-5-12-30-16-19(27-28-30)14-18-15-29(13-11-22(18)34)24(25(32)17-9-10-17)20-6-3-4-7-21(20)26;/h3-4,6-7,14,16-17,22,24,34H,2,5,8-13,15H2,1H3;1H. The molecule has 1 aromatic carbocycles. The van der Waals surface area contributed by atoms with Crippen LogP contribution in [-0.2, 0) is 20.9 Å². The van der Waals surface area contributed by atoms with E-state index in [0.29, 0.717) is 50.3 Å². The van der Waals surface area contributed by atoms with E-state index in [4.69, 9.17) is 17.4 Å². The van der Waals surface area contributed by atoms with Crippen LogP contribution in [0.25, 0.3) is 6.08 Å². The Morgan fingerprint density at radius 1 is 1.29 bits per heavy atom. The van der Waals surface area contributed by atoms with Crippen molar-refractivity contribution in [3.05, 3.63) is 53.1 Å². The summed E-state index contributed by atoms with van der Waals surface area (Å²) in [6.07, 6.45) is 7.27. The van der Waals surface area contributed by atoms with Crippen LogP contribution in [0.5, 0.6) is 0 Å². The molecule has 0 radical (unpaired) electrons. The molecule has 0 spiro atoms. The third-order valence-corrected chi connectivity index (χ3v) is 6.87. The molecule has 35 heavy (non-hydrogen) atoms. The van der Waals surface area contributed by atoms with Gasteiger partial charge in [-0.2, -0.15) is 12.6 Å². The van der Waals surface area contributed by atoms with Crippen LogP contribution in [0.2, 0.25) is 0 Å². The van der Waals surface area contributed by atoms with Gasteiger partial charge in [0.25, 0.3) is 0 Å². The number of Topliss-reactive ketones (excluding diaryl/α,β-unsaturated/α-hetero) is 1. The number of rotatable bonds is 10. The molecule has 190 valence electrons. The molecule has 2 aromatic rings. The number of hydrogen-bond donors (Lipinski definition) is 1. The second kappa shape index (κ2) is 12.6. The maximum Gasteiger partial charge on any atom is 0.305 e. The normalized spacial score (nSPS) is 20.3. The summed E-state index contributed by atoms with van der Waals surface area (Å²) in [5, 5.41) is 8.42. The molecule has 2 unspecified atom stereocenters. The Balaban J connectivity index is 0.00000342.